The Hall–Kier alpha value is -1.40. The first-order chi connectivity index (χ1) is 9.13. The lowest BCUT2D eigenvalue weighted by Gasteiger charge is -2.07. The Balaban J connectivity index is 1.86. The van der Waals surface area contributed by atoms with Crippen molar-refractivity contribution in [1.82, 2.24) is 4.98 Å². The van der Waals surface area contributed by atoms with Crippen molar-refractivity contribution in [2.45, 2.75) is 0 Å². The molecule has 0 aliphatic rings. The predicted molar refractivity (Wildman–Crippen MR) is 80.2 cm³/mol. The van der Waals surface area contributed by atoms with E-state index in [2.05, 4.69) is 42.2 Å². The first-order valence-corrected chi connectivity index (χ1v) is 7.01. The molecule has 1 amide bonds. The number of nitrogens with one attached hydrogen (secondary N) is 1. The van der Waals surface area contributed by atoms with Gasteiger partial charge in [-0.25, -0.2) is 0 Å². The number of pyridine rings is 1. The van der Waals surface area contributed by atoms with Gasteiger partial charge in [0, 0.05) is 20.8 Å². The van der Waals surface area contributed by atoms with Crippen LogP contribution in [-0.4, -0.2) is 17.5 Å². The highest BCUT2D eigenvalue weighted by Gasteiger charge is 2.04. The van der Waals surface area contributed by atoms with Crippen LogP contribution in [0.5, 0.6) is 5.75 Å². The third kappa shape index (κ3) is 4.65. The summed E-state index contributed by atoms with van der Waals surface area (Å²) in [5.74, 6) is 0.322. The fourth-order valence-electron chi connectivity index (χ4n) is 1.35. The molecule has 2 rings (SSSR count). The number of anilines is 1. The largest absolute Gasteiger partial charge is 0.482 e. The van der Waals surface area contributed by atoms with E-state index in [0.29, 0.717) is 5.75 Å². The van der Waals surface area contributed by atoms with Crippen LogP contribution in [0.4, 0.5) is 5.69 Å². The van der Waals surface area contributed by atoms with Crippen molar-refractivity contribution in [3.8, 4) is 5.75 Å². The van der Waals surface area contributed by atoms with Gasteiger partial charge in [0.05, 0.1) is 6.20 Å². The molecular formula is C13H10Br2N2O2. The molecule has 0 atom stereocenters. The molecule has 1 N–H and O–H groups in total. The van der Waals surface area contributed by atoms with Crippen molar-refractivity contribution in [2.75, 3.05) is 11.9 Å². The van der Waals surface area contributed by atoms with Crippen LogP contribution in [0.15, 0.2) is 51.7 Å². The molecule has 0 radical (unpaired) electrons. The number of ether oxygens (including phenoxy) is 1. The van der Waals surface area contributed by atoms with Crippen LogP contribution in [0.25, 0.3) is 0 Å². The number of nitrogens with zero attached hydrogens (tertiary/aromatic N) is 1. The molecule has 1 aromatic heterocycles. The molecule has 0 spiro atoms. The maximum atomic E-state index is 11.7. The van der Waals surface area contributed by atoms with Crippen molar-refractivity contribution >= 4 is 43.5 Å². The Kier molecular flexibility index (Phi) is 4.93. The van der Waals surface area contributed by atoms with Crippen LogP contribution in [0.3, 0.4) is 0 Å². The molecule has 6 heteroatoms. The zero-order chi connectivity index (χ0) is 13.7. The van der Waals surface area contributed by atoms with Crippen LogP contribution < -0.4 is 10.1 Å². The van der Waals surface area contributed by atoms with E-state index < -0.39 is 0 Å². The Morgan fingerprint density at radius 2 is 1.89 bits per heavy atom. The van der Waals surface area contributed by atoms with E-state index in [1.165, 1.54) is 0 Å². The fourth-order valence-corrected chi connectivity index (χ4v) is 1.96. The number of hydrogen-bond donors (Lipinski definition) is 1. The lowest BCUT2D eigenvalue weighted by atomic mass is 10.3. The molecule has 0 fully saturated rings. The number of rotatable bonds is 4. The quantitative estimate of drug-likeness (QED) is 0.874. The minimum atomic E-state index is -0.220. The molecule has 1 heterocycles. The van der Waals surface area contributed by atoms with Gasteiger partial charge in [-0.15, -0.1) is 0 Å². The van der Waals surface area contributed by atoms with Crippen LogP contribution in [0.1, 0.15) is 0 Å². The average molecular weight is 386 g/mol. The van der Waals surface area contributed by atoms with E-state index in [0.717, 1.165) is 14.6 Å². The second-order valence-electron chi connectivity index (χ2n) is 3.68. The summed E-state index contributed by atoms with van der Waals surface area (Å²) in [4.78, 5) is 15.6. The molecule has 0 aliphatic carbocycles. The van der Waals surface area contributed by atoms with E-state index in [9.17, 15) is 4.79 Å². The molecular weight excluding hydrogens is 376 g/mol. The van der Waals surface area contributed by atoms with E-state index in [4.69, 9.17) is 4.74 Å². The molecule has 0 aliphatic heterocycles. The number of benzene rings is 1. The molecule has 2 aromatic rings. The zero-order valence-corrected chi connectivity index (χ0v) is 12.9. The smallest absolute Gasteiger partial charge is 0.262 e. The molecule has 19 heavy (non-hydrogen) atoms. The summed E-state index contributed by atoms with van der Waals surface area (Å²) in [6, 6.07) is 9.08. The van der Waals surface area contributed by atoms with Crippen molar-refractivity contribution in [3.05, 3.63) is 51.7 Å². The minimum absolute atomic E-state index is 0.0613. The SMILES string of the molecule is O=C(COc1cncc(Br)c1)Nc1ccc(Br)cc1. The molecule has 98 valence electrons. The van der Waals surface area contributed by atoms with Crippen molar-refractivity contribution < 1.29 is 9.53 Å². The Morgan fingerprint density at radius 3 is 2.58 bits per heavy atom. The van der Waals surface area contributed by atoms with Gasteiger partial charge in [0.1, 0.15) is 5.75 Å². The lowest BCUT2D eigenvalue weighted by molar-refractivity contribution is -0.118. The Bertz CT molecular complexity index is 573. The maximum absolute atomic E-state index is 11.7. The summed E-state index contributed by atoms with van der Waals surface area (Å²) in [6.07, 6.45) is 3.20. The molecule has 0 saturated carbocycles. The summed E-state index contributed by atoms with van der Waals surface area (Å²) < 4.78 is 7.09. The Labute approximate surface area is 127 Å². The number of aromatic nitrogens is 1. The predicted octanol–water partition coefficient (Wildman–Crippen LogP) is 3.62. The number of amides is 1. The Morgan fingerprint density at radius 1 is 1.16 bits per heavy atom. The highest BCUT2D eigenvalue weighted by atomic mass is 79.9. The van der Waals surface area contributed by atoms with Gasteiger partial charge >= 0.3 is 0 Å². The topological polar surface area (TPSA) is 51.2 Å². The van der Waals surface area contributed by atoms with E-state index >= 15 is 0 Å². The van der Waals surface area contributed by atoms with Gasteiger partial charge in [-0.2, -0.15) is 0 Å². The molecule has 0 bridgehead atoms. The second-order valence-corrected chi connectivity index (χ2v) is 5.51. The lowest BCUT2D eigenvalue weighted by Crippen LogP contribution is -2.20. The van der Waals surface area contributed by atoms with Gasteiger partial charge in [-0.05, 0) is 46.3 Å². The standard InChI is InChI=1S/C13H10Br2N2O2/c14-9-1-3-11(4-2-9)17-13(18)8-19-12-5-10(15)6-16-7-12/h1-7H,8H2,(H,17,18). The van der Waals surface area contributed by atoms with Gasteiger partial charge in [-0.1, -0.05) is 15.9 Å². The molecule has 0 unspecified atom stereocenters. The summed E-state index contributed by atoms with van der Waals surface area (Å²) >= 11 is 6.61. The summed E-state index contributed by atoms with van der Waals surface area (Å²) in [5, 5.41) is 2.74. The minimum Gasteiger partial charge on any atom is -0.482 e. The first kappa shape index (κ1) is 14.0. The van der Waals surface area contributed by atoms with E-state index in [-0.39, 0.29) is 12.5 Å². The normalized spacial score (nSPS) is 10.0. The first-order valence-electron chi connectivity index (χ1n) is 5.42. The summed E-state index contributed by atoms with van der Waals surface area (Å²) in [7, 11) is 0. The van der Waals surface area contributed by atoms with Crippen LogP contribution >= 0.6 is 31.9 Å². The van der Waals surface area contributed by atoms with Gasteiger partial charge < -0.3 is 10.1 Å². The van der Waals surface area contributed by atoms with Gasteiger partial charge in [0.2, 0.25) is 0 Å². The molecule has 0 saturated heterocycles. The number of halogens is 2. The molecule has 1 aromatic carbocycles. The van der Waals surface area contributed by atoms with Gasteiger partial charge in [0.25, 0.3) is 5.91 Å². The van der Waals surface area contributed by atoms with Gasteiger partial charge in [-0.3, -0.25) is 9.78 Å². The van der Waals surface area contributed by atoms with Crippen LogP contribution in [-0.2, 0) is 4.79 Å². The molecule has 4 nitrogen and oxygen atoms in total. The number of hydrogen-bond acceptors (Lipinski definition) is 3. The highest BCUT2D eigenvalue weighted by Crippen LogP contribution is 2.16. The highest BCUT2D eigenvalue weighted by molar-refractivity contribution is 9.10. The van der Waals surface area contributed by atoms with Crippen molar-refractivity contribution in [3.63, 3.8) is 0 Å². The second kappa shape index (κ2) is 6.68. The van der Waals surface area contributed by atoms with Crippen LogP contribution in [0.2, 0.25) is 0 Å². The monoisotopic (exact) mass is 384 g/mol. The van der Waals surface area contributed by atoms with Gasteiger partial charge in [0.15, 0.2) is 6.61 Å². The number of carbonyl (C=O) groups excluding carboxylic acids is 1. The maximum Gasteiger partial charge on any atom is 0.262 e. The average Bonchev–Trinajstić information content (AvgIpc) is 2.39. The third-order valence-corrected chi connectivity index (χ3v) is 3.14. The zero-order valence-electron chi connectivity index (χ0n) is 9.77. The van der Waals surface area contributed by atoms with Crippen molar-refractivity contribution in [1.29, 1.82) is 0 Å². The number of carbonyl (C=O) groups is 1. The third-order valence-electron chi connectivity index (χ3n) is 2.18. The summed E-state index contributed by atoms with van der Waals surface area (Å²) in [6.45, 7) is -0.0613. The van der Waals surface area contributed by atoms with Crippen LogP contribution in [0, 0.1) is 0 Å². The summed E-state index contributed by atoms with van der Waals surface area (Å²) in [5.41, 5.74) is 0.726. The van der Waals surface area contributed by atoms with E-state index in [1.807, 2.05) is 24.3 Å². The fraction of sp³-hybridized carbons (Fsp3) is 0.0769. The van der Waals surface area contributed by atoms with E-state index in [1.54, 1.807) is 18.5 Å². The van der Waals surface area contributed by atoms with Crippen molar-refractivity contribution in [2.24, 2.45) is 0 Å².